The molecule has 1 aliphatic carbocycles. The van der Waals surface area contributed by atoms with Crippen LogP contribution in [0.2, 0.25) is 0 Å². The average molecular weight is 418 g/mol. The van der Waals surface area contributed by atoms with Crippen LogP contribution in [0.25, 0.3) is 10.2 Å². The van der Waals surface area contributed by atoms with Gasteiger partial charge in [0, 0.05) is 19.7 Å². The normalized spacial score (nSPS) is 23.7. The van der Waals surface area contributed by atoms with E-state index in [9.17, 15) is 9.59 Å². The van der Waals surface area contributed by atoms with Crippen molar-refractivity contribution in [2.75, 3.05) is 20.3 Å². The first-order chi connectivity index (χ1) is 14.0. The van der Waals surface area contributed by atoms with Crippen LogP contribution >= 0.6 is 11.3 Å². The van der Waals surface area contributed by atoms with Gasteiger partial charge in [-0.15, -0.1) is 11.3 Å². The topological polar surface area (TPSA) is 63.6 Å². The zero-order valence-corrected chi connectivity index (χ0v) is 18.2. The largest absolute Gasteiger partial charge is 0.383 e. The Bertz CT molecular complexity index is 881. The van der Waals surface area contributed by atoms with E-state index < -0.39 is 5.54 Å². The van der Waals surface area contributed by atoms with Gasteiger partial charge in [-0.2, -0.15) is 0 Å². The average Bonchev–Trinajstić information content (AvgIpc) is 3.26. The number of hydrogen-bond acceptors (Lipinski definition) is 4. The number of fused-ring (bicyclic) bond motifs is 3. The quantitative estimate of drug-likeness (QED) is 0.805. The molecule has 3 heterocycles. The minimum atomic E-state index is -0.932. The van der Waals surface area contributed by atoms with Crippen LogP contribution in [-0.4, -0.2) is 53.1 Å². The molecular formula is C22H31N3O3S. The Morgan fingerprint density at radius 3 is 2.72 bits per heavy atom. The third-order valence-electron chi connectivity index (χ3n) is 6.50. The predicted octanol–water partition coefficient (Wildman–Crippen LogP) is 3.79. The summed E-state index contributed by atoms with van der Waals surface area (Å²) in [6, 6.07) is 4.19. The highest BCUT2D eigenvalue weighted by atomic mass is 32.1. The van der Waals surface area contributed by atoms with Crippen molar-refractivity contribution in [3.8, 4) is 0 Å². The summed E-state index contributed by atoms with van der Waals surface area (Å²) in [5.74, 6) is -0.137. The standard InChI is InChI=1S/C22H31N3O3S/c1-22(21(27)23-16-8-6-4-3-5-7-9-16)15-24-17-10-13-29-19(17)14-18(24)20(26)25(22)11-12-28-2/h10,13-14,16H,3-9,11-12,15H2,1-2H3,(H,23,27)/t22-/m1/s1. The molecule has 1 saturated carbocycles. The lowest BCUT2D eigenvalue weighted by Crippen LogP contribution is -2.65. The Morgan fingerprint density at radius 2 is 2.00 bits per heavy atom. The number of amides is 2. The number of methoxy groups -OCH3 is 1. The van der Waals surface area contributed by atoms with E-state index in [0.29, 0.717) is 25.4 Å². The number of hydrogen-bond donors (Lipinski definition) is 1. The molecule has 0 aromatic carbocycles. The van der Waals surface area contributed by atoms with Gasteiger partial charge in [0.15, 0.2) is 0 Å². The highest BCUT2D eigenvalue weighted by Crippen LogP contribution is 2.34. The predicted molar refractivity (Wildman–Crippen MR) is 115 cm³/mol. The molecule has 2 aromatic rings. The molecular weight excluding hydrogens is 386 g/mol. The van der Waals surface area contributed by atoms with Crippen molar-refractivity contribution in [2.45, 2.75) is 70.0 Å². The molecule has 1 atom stereocenters. The number of ether oxygens (including phenoxy) is 1. The van der Waals surface area contributed by atoms with Crippen molar-refractivity contribution in [1.29, 1.82) is 0 Å². The second-order valence-electron chi connectivity index (χ2n) is 8.52. The fourth-order valence-electron chi connectivity index (χ4n) is 4.75. The van der Waals surface area contributed by atoms with E-state index in [2.05, 4.69) is 5.32 Å². The van der Waals surface area contributed by atoms with Gasteiger partial charge in [-0.25, -0.2) is 0 Å². The van der Waals surface area contributed by atoms with Gasteiger partial charge in [0.2, 0.25) is 5.91 Å². The van der Waals surface area contributed by atoms with Crippen LogP contribution in [0.15, 0.2) is 17.5 Å². The number of carbonyl (C=O) groups is 2. The lowest BCUT2D eigenvalue weighted by atomic mass is 9.92. The fourth-order valence-corrected chi connectivity index (χ4v) is 5.57. The molecule has 6 nitrogen and oxygen atoms in total. The summed E-state index contributed by atoms with van der Waals surface area (Å²) in [6.45, 7) is 3.19. The summed E-state index contributed by atoms with van der Waals surface area (Å²) < 4.78 is 8.36. The van der Waals surface area contributed by atoms with Gasteiger partial charge >= 0.3 is 0 Å². The van der Waals surface area contributed by atoms with Gasteiger partial charge in [-0.05, 0) is 37.3 Å². The minimum Gasteiger partial charge on any atom is -0.383 e. The summed E-state index contributed by atoms with van der Waals surface area (Å²) in [7, 11) is 1.62. The summed E-state index contributed by atoms with van der Waals surface area (Å²) in [4.78, 5) is 28.6. The molecule has 7 heteroatoms. The molecule has 29 heavy (non-hydrogen) atoms. The highest BCUT2D eigenvalue weighted by Gasteiger charge is 2.48. The second-order valence-corrected chi connectivity index (χ2v) is 9.47. The van der Waals surface area contributed by atoms with Gasteiger partial charge in [0.05, 0.1) is 23.4 Å². The third-order valence-corrected chi connectivity index (χ3v) is 7.35. The van der Waals surface area contributed by atoms with Crippen molar-refractivity contribution in [2.24, 2.45) is 0 Å². The Hall–Kier alpha value is -1.86. The second kappa shape index (κ2) is 8.48. The van der Waals surface area contributed by atoms with Gasteiger partial charge in [-0.3, -0.25) is 9.59 Å². The molecule has 0 bridgehead atoms. The van der Waals surface area contributed by atoms with Crippen LogP contribution in [0.5, 0.6) is 0 Å². The van der Waals surface area contributed by atoms with E-state index in [1.165, 1.54) is 19.3 Å². The molecule has 1 aliphatic heterocycles. The Labute approximate surface area is 176 Å². The Kier molecular flexibility index (Phi) is 5.97. The smallest absolute Gasteiger partial charge is 0.271 e. The molecule has 1 N–H and O–H groups in total. The number of aromatic nitrogens is 1. The molecule has 1 fully saturated rings. The van der Waals surface area contributed by atoms with Gasteiger partial charge in [0.1, 0.15) is 11.2 Å². The molecule has 2 amide bonds. The zero-order valence-electron chi connectivity index (χ0n) is 17.4. The van der Waals surface area contributed by atoms with Gasteiger partial charge in [-0.1, -0.05) is 32.1 Å². The van der Waals surface area contributed by atoms with Crippen LogP contribution < -0.4 is 5.32 Å². The van der Waals surface area contributed by atoms with Crippen LogP contribution in [0.1, 0.15) is 62.4 Å². The first kappa shape index (κ1) is 20.4. The number of carbonyl (C=O) groups excluding carboxylic acids is 2. The molecule has 2 aliphatic rings. The molecule has 2 aromatic heterocycles. The molecule has 0 saturated heterocycles. The van der Waals surface area contributed by atoms with Crippen molar-refractivity contribution in [3.63, 3.8) is 0 Å². The first-order valence-electron chi connectivity index (χ1n) is 10.7. The van der Waals surface area contributed by atoms with Crippen LogP contribution in [-0.2, 0) is 16.1 Å². The maximum Gasteiger partial charge on any atom is 0.271 e. The molecule has 0 unspecified atom stereocenters. The summed E-state index contributed by atoms with van der Waals surface area (Å²) in [5, 5.41) is 5.34. The fraction of sp³-hybridized carbons (Fsp3) is 0.636. The maximum atomic E-state index is 13.6. The number of rotatable bonds is 5. The van der Waals surface area contributed by atoms with Crippen LogP contribution in [0.4, 0.5) is 0 Å². The number of nitrogens with zero attached hydrogens (tertiary/aromatic N) is 2. The first-order valence-corrected chi connectivity index (χ1v) is 11.6. The summed E-state index contributed by atoms with van der Waals surface area (Å²) in [6.07, 6.45) is 8.14. The Balaban J connectivity index is 1.63. The minimum absolute atomic E-state index is 0.0461. The van der Waals surface area contributed by atoms with Crippen molar-refractivity contribution < 1.29 is 14.3 Å². The lowest BCUT2D eigenvalue weighted by Gasteiger charge is -2.44. The van der Waals surface area contributed by atoms with Crippen molar-refractivity contribution in [1.82, 2.24) is 14.8 Å². The van der Waals surface area contributed by atoms with Gasteiger partial charge < -0.3 is 19.5 Å². The van der Waals surface area contributed by atoms with E-state index in [1.807, 2.05) is 29.0 Å². The third kappa shape index (κ3) is 3.82. The van der Waals surface area contributed by atoms with E-state index in [0.717, 1.165) is 35.9 Å². The van der Waals surface area contributed by atoms with Crippen molar-refractivity contribution >= 4 is 33.4 Å². The van der Waals surface area contributed by atoms with E-state index >= 15 is 0 Å². The molecule has 4 rings (SSSR count). The van der Waals surface area contributed by atoms with E-state index in [-0.39, 0.29) is 17.9 Å². The van der Waals surface area contributed by atoms with E-state index in [1.54, 1.807) is 23.3 Å². The molecule has 158 valence electrons. The Morgan fingerprint density at radius 1 is 1.28 bits per heavy atom. The lowest BCUT2D eigenvalue weighted by molar-refractivity contribution is -0.134. The number of nitrogens with one attached hydrogen (secondary N) is 1. The highest BCUT2D eigenvalue weighted by molar-refractivity contribution is 7.17. The maximum absolute atomic E-state index is 13.6. The van der Waals surface area contributed by atoms with Gasteiger partial charge in [0.25, 0.3) is 5.91 Å². The monoisotopic (exact) mass is 417 g/mol. The molecule has 0 radical (unpaired) electrons. The summed E-state index contributed by atoms with van der Waals surface area (Å²) >= 11 is 1.63. The van der Waals surface area contributed by atoms with E-state index in [4.69, 9.17) is 4.74 Å². The SMILES string of the molecule is COCCN1C(=O)c2cc3sccc3n2C[C@]1(C)C(=O)NC1CCCCCCC1. The summed E-state index contributed by atoms with van der Waals surface area (Å²) in [5.41, 5.74) is 0.771. The van der Waals surface area contributed by atoms with Crippen LogP contribution in [0, 0.1) is 0 Å². The zero-order chi connectivity index (χ0) is 20.4. The number of thiophene rings is 1. The molecule has 0 spiro atoms. The van der Waals surface area contributed by atoms with Crippen molar-refractivity contribution in [3.05, 3.63) is 23.2 Å². The van der Waals surface area contributed by atoms with Crippen LogP contribution in [0.3, 0.4) is 0 Å².